The summed E-state index contributed by atoms with van der Waals surface area (Å²) in [6, 6.07) is 5.93. The SMILES string of the molecule is CC(NC(=O)c1n[nH]c(C2CC2)n1)c1ccccc1F. The molecule has 0 spiro atoms. The van der Waals surface area contributed by atoms with Gasteiger partial charge in [0, 0.05) is 11.5 Å². The standard InChI is InChI=1S/C14H15FN4O/c1-8(10-4-2-3-5-11(10)15)16-14(20)13-17-12(18-19-13)9-6-7-9/h2-5,8-9H,6-7H2,1H3,(H,16,20)(H,17,18,19). The lowest BCUT2D eigenvalue weighted by Gasteiger charge is -2.13. The van der Waals surface area contributed by atoms with Gasteiger partial charge < -0.3 is 5.32 Å². The van der Waals surface area contributed by atoms with Crippen molar-refractivity contribution in [2.75, 3.05) is 0 Å². The molecule has 6 heteroatoms. The number of benzene rings is 1. The second kappa shape index (κ2) is 5.03. The van der Waals surface area contributed by atoms with E-state index in [0.717, 1.165) is 18.7 Å². The molecule has 1 heterocycles. The lowest BCUT2D eigenvalue weighted by atomic mass is 10.1. The van der Waals surface area contributed by atoms with Gasteiger partial charge in [-0.25, -0.2) is 9.37 Å². The van der Waals surface area contributed by atoms with Crippen molar-refractivity contribution < 1.29 is 9.18 Å². The maximum absolute atomic E-state index is 13.6. The van der Waals surface area contributed by atoms with Crippen LogP contribution >= 0.6 is 0 Å². The Morgan fingerprint density at radius 3 is 2.90 bits per heavy atom. The summed E-state index contributed by atoms with van der Waals surface area (Å²) in [5.41, 5.74) is 0.443. The summed E-state index contributed by atoms with van der Waals surface area (Å²) in [4.78, 5) is 16.2. The van der Waals surface area contributed by atoms with Crippen LogP contribution in [0.3, 0.4) is 0 Å². The highest BCUT2D eigenvalue weighted by molar-refractivity contribution is 5.90. The highest BCUT2D eigenvalue weighted by Crippen LogP contribution is 2.37. The summed E-state index contributed by atoms with van der Waals surface area (Å²) in [7, 11) is 0. The molecule has 0 radical (unpaired) electrons. The Morgan fingerprint density at radius 2 is 2.20 bits per heavy atom. The van der Waals surface area contributed by atoms with E-state index in [4.69, 9.17) is 0 Å². The Hall–Kier alpha value is -2.24. The average molecular weight is 274 g/mol. The van der Waals surface area contributed by atoms with Gasteiger partial charge in [-0.15, -0.1) is 5.10 Å². The van der Waals surface area contributed by atoms with Crippen molar-refractivity contribution in [1.29, 1.82) is 0 Å². The van der Waals surface area contributed by atoms with Crippen LogP contribution in [-0.4, -0.2) is 21.1 Å². The maximum Gasteiger partial charge on any atom is 0.291 e. The van der Waals surface area contributed by atoms with E-state index in [1.54, 1.807) is 25.1 Å². The lowest BCUT2D eigenvalue weighted by molar-refractivity contribution is 0.0929. The molecule has 1 fully saturated rings. The fourth-order valence-electron chi connectivity index (χ4n) is 2.08. The summed E-state index contributed by atoms with van der Waals surface area (Å²) in [6.07, 6.45) is 2.17. The van der Waals surface area contributed by atoms with Gasteiger partial charge in [0.1, 0.15) is 11.6 Å². The third-order valence-corrected chi connectivity index (χ3v) is 3.39. The Balaban J connectivity index is 1.70. The number of carbonyl (C=O) groups is 1. The molecule has 0 aliphatic heterocycles. The number of amides is 1. The first-order valence-corrected chi connectivity index (χ1v) is 6.62. The molecule has 1 amide bonds. The van der Waals surface area contributed by atoms with Crippen LogP contribution in [0.4, 0.5) is 4.39 Å². The van der Waals surface area contributed by atoms with Crippen LogP contribution in [0.25, 0.3) is 0 Å². The van der Waals surface area contributed by atoms with Crippen molar-refractivity contribution in [3.8, 4) is 0 Å². The van der Waals surface area contributed by atoms with Gasteiger partial charge in [-0.2, -0.15) is 0 Å². The zero-order valence-electron chi connectivity index (χ0n) is 11.1. The molecular weight excluding hydrogens is 259 g/mol. The van der Waals surface area contributed by atoms with E-state index >= 15 is 0 Å². The Kier molecular flexibility index (Phi) is 3.22. The number of rotatable bonds is 4. The molecule has 1 aromatic carbocycles. The summed E-state index contributed by atoms with van der Waals surface area (Å²) in [5, 5.41) is 9.38. The summed E-state index contributed by atoms with van der Waals surface area (Å²) >= 11 is 0. The van der Waals surface area contributed by atoms with Gasteiger partial charge in [0.15, 0.2) is 0 Å². The number of aromatic nitrogens is 3. The molecule has 1 aromatic heterocycles. The van der Waals surface area contributed by atoms with E-state index in [9.17, 15) is 9.18 Å². The number of halogens is 1. The molecular formula is C14H15FN4O. The molecule has 0 saturated heterocycles. The molecule has 2 N–H and O–H groups in total. The summed E-state index contributed by atoms with van der Waals surface area (Å²) < 4.78 is 13.6. The first-order valence-electron chi connectivity index (χ1n) is 6.62. The molecule has 1 unspecified atom stereocenters. The number of hydrogen-bond donors (Lipinski definition) is 2. The van der Waals surface area contributed by atoms with Gasteiger partial charge >= 0.3 is 0 Å². The van der Waals surface area contributed by atoms with Crippen LogP contribution in [-0.2, 0) is 0 Å². The van der Waals surface area contributed by atoms with E-state index < -0.39 is 11.9 Å². The van der Waals surface area contributed by atoms with E-state index in [-0.39, 0.29) is 11.6 Å². The Morgan fingerprint density at radius 1 is 1.45 bits per heavy atom. The van der Waals surface area contributed by atoms with Gasteiger partial charge in [-0.1, -0.05) is 18.2 Å². The quantitative estimate of drug-likeness (QED) is 0.898. The van der Waals surface area contributed by atoms with Crippen molar-refractivity contribution in [3.63, 3.8) is 0 Å². The Bertz CT molecular complexity index is 636. The predicted octanol–water partition coefficient (Wildman–Crippen LogP) is 2.31. The molecule has 0 bridgehead atoms. The molecule has 2 aromatic rings. The van der Waals surface area contributed by atoms with E-state index in [1.807, 2.05) is 0 Å². The fourth-order valence-corrected chi connectivity index (χ4v) is 2.08. The van der Waals surface area contributed by atoms with E-state index in [2.05, 4.69) is 20.5 Å². The van der Waals surface area contributed by atoms with Crippen molar-refractivity contribution in [2.45, 2.75) is 31.7 Å². The van der Waals surface area contributed by atoms with Gasteiger partial charge in [-0.05, 0) is 25.8 Å². The molecule has 1 atom stereocenters. The largest absolute Gasteiger partial charge is 0.343 e. The first kappa shape index (κ1) is 12.8. The minimum Gasteiger partial charge on any atom is -0.343 e. The number of H-pyrrole nitrogens is 1. The topological polar surface area (TPSA) is 70.7 Å². The van der Waals surface area contributed by atoms with E-state index in [0.29, 0.717) is 11.5 Å². The molecule has 1 aliphatic carbocycles. The van der Waals surface area contributed by atoms with E-state index in [1.165, 1.54) is 6.07 Å². The van der Waals surface area contributed by atoms with Crippen LogP contribution < -0.4 is 5.32 Å². The third kappa shape index (κ3) is 2.54. The number of aromatic amines is 1. The van der Waals surface area contributed by atoms with Gasteiger partial charge in [-0.3, -0.25) is 9.89 Å². The number of carbonyl (C=O) groups excluding carboxylic acids is 1. The predicted molar refractivity (Wildman–Crippen MR) is 70.6 cm³/mol. The van der Waals surface area contributed by atoms with Gasteiger partial charge in [0.05, 0.1) is 6.04 Å². The van der Waals surface area contributed by atoms with Crippen LogP contribution in [0, 0.1) is 5.82 Å². The van der Waals surface area contributed by atoms with Crippen molar-refractivity contribution in [2.24, 2.45) is 0 Å². The van der Waals surface area contributed by atoms with Crippen molar-refractivity contribution in [1.82, 2.24) is 20.5 Å². The molecule has 104 valence electrons. The normalized spacial score (nSPS) is 15.9. The fraction of sp³-hybridized carbons (Fsp3) is 0.357. The van der Waals surface area contributed by atoms with Gasteiger partial charge in [0.25, 0.3) is 5.91 Å². The van der Waals surface area contributed by atoms with Gasteiger partial charge in [0.2, 0.25) is 5.82 Å². The summed E-state index contributed by atoms with van der Waals surface area (Å²) in [6.45, 7) is 1.73. The number of nitrogens with one attached hydrogen (secondary N) is 2. The zero-order valence-corrected chi connectivity index (χ0v) is 11.1. The van der Waals surface area contributed by atoms with Crippen LogP contribution in [0.2, 0.25) is 0 Å². The van der Waals surface area contributed by atoms with Crippen LogP contribution in [0.5, 0.6) is 0 Å². The smallest absolute Gasteiger partial charge is 0.291 e. The molecule has 3 rings (SSSR count). The minimum atomic E-state index is -0.438. The number of nitrogens with zero attached hydrogens (tertiary/aromatic N) is 2. The second-order valence-electron chi connectivity index (χ2n) is 5.04. The average Bonchev–Trinajstić information content (AvgIpc) is 3.16. The number of hydrogen-bond acceptors (Lipinski definition) is 3. The van der Waals surface area contributed by atoms with Crippen LogP contribution in [0.15, 0.2) is 24.3 Å². The zero-order chi connectivity index (χ0) is 14.1. The lowest BCUT2D eigenvalue weighted by Crippen LogP contribution is -2.28. The highest BCUT2D eigenvalue weighted by Gasteiger charge is 2.28. The van der Waals surface area contributed by atoms with Crippen molar-refractivity contribution in [3.05, 3.63) is 47.3 Å². The molecule has 1 saturated carbocycles. The molecule has 5 nitrogen and oxygen atoms in total. The monoisotopic (exact) mass is 274 g/mol. The molecule has 20 heavy (non-hydrogen) atoms. The summed E-state index contributed by atoms with van der Waals surface area (Å²) in [5.74, 6) is 0.537. The Labute approximate surface area is 115 Å². The van der Waals surface area contributed by atoms with Crippen LogP contribution in [0.1, 0.15) is 53.7 Å². The second-order valence-corrected chi connectivity index (χ2v) is 5.04. The third-order valence-electron chi connectivity index (χ3n) is 3.39. The maximum atomic E-state index is 13.6. The minimum absolute atomic E-state index is 0.107. The molecule has 1 aliphatic rings. The highest BCUT2D eigenvalue weighted by atomic mass is 19.1. The first-order chi connectivity index (χ1) is 9.65. The van der Waals surface area contributed by atoms with Crippen molar-refractivity contribution >= 4 is 5.91 Å².